The van der Waals surface area contributed by atoms with Crippen LogP contribution in [0.15, 0.2) is 24.3 Å². The van der Waals surface area contributed by atoms with Crippen LogP contribution in [0.1, 0.15) is 43.0 Å². The van der Waals surface area contributed by atoms with Gasteiger partial charge in [-0.15, -0.1) is 0 Å². The van der Waals surface area contributed by atoms with E-state index in [1.807, 2.05) is 6.07 Å². The molecule has 1 aromatic carbocycles. The van der Waals surface area contributed by atoms with Gasteiger partial charge in [-0.2, -0.15) is 0 Å². The summed E-state index contributed by atoms with van der Waals surface area (Å²) in [6, 6.07) is 7.05. The first-order chi connectivity index (χ1) is 11.1. The van der Waals surface area contributed by atoms with Gasteiger partial charge in [-0.1, -0.05) is 6.07 Å². The molecule has 0 atom stereocenters. The van der Waals surface area contributed by atoms with E-state index >= 15 is 0 Å². The quantitative estimate of drug-likeness (QED) is 0.615. The smallest absolute Gasteiger partial charge is 0.305 e. The van der Waals surface area contributed by atoms with Crippen molar-refractivity contribution in [2.45, 2.75) is 32.6 Å². The number of hydrogen-bond acceptors (Lipinski definition) is 4. The number of nitrogens with one attached hydrogen (secondary N) is 1. The predicted molar refractivity (Wildman–Crippen MR) is 86.2 cm³/mol. The van der Waals surface area contributed by atoms with Crippen molar-refractivity contribution < 1.29 is 19.1 Å². The van der Waals surface area contributed by atoms with Gasteiger partial charge in [0.15, 0.2) is 0 Å². The van der Waals surface area contributed by atoms with E-state index in [1.165, 1.54) is 0 Å². The molecule has 0 aromatic heterocycles. The Labute approximate surface area is 135 Å². The number of carbonyl (C=O) groups is 3. The monoisotopic (exact) mass is 318 g/mol. The minimum atomic E-state index is -0.253. The van der Waals surface area contributed by atoms with Gasteiger partial charge >= 0.3 is 5.97 Å². The molecule has 1 aliphatic rings. The summed E-state index contributed by atoms with van der Waals surface area (Å²) in [7, 11) is 0. The average Bonchev–Trinajstić information content (AvgIpc) is 2.98. The SMILES string of the molecule is CCOC(=O)CCCNC(=O)c1cccc(N2CCCC2=O)c1. The van der Waals surface area contributed by atoms with Crippen molar-refractivity contribution in [3.8, 4) is 0 Å². The lowest BCUT2D eigenvalue weighted by Crippen LogP contribution is -2.26. The van der Waals surface area contributed by atoms with E-state index in [4.69, 9.17) is 4.74 Å². The Hall–Kier alpha value is -2.37. The van der Waals surface area contributed by atoms with Crippen LogP contribution in [0.2, 0.25) is 0 Å². The van der Waals surface area contributed by atoms with E-state index < -0.39 is 0 Å². The maximum Gasteiger partial charge on any atom is 0.305 e. The minimum absolute atomic E-state index is 0.0944. The fourth-order valence-electron chi connectivity index (χ4n) is 2.51. The van der Waals surface area contributed by atoms with Crippen LogP contribution >= 0.6 is 0 Å². The van der Waals surface area contributed by atoms with E-state index in [2.05, 4.69) is 5.32 Å². The third kappa shape index (κ3) is 4.81. The number of rotatable bonds is 7. The largest absolute Gasteiger partial charge is 0.466 e. The molecule has 6 heteroatoms. The van der Waals surface area contributed by atoms with Crippen LogP contribution in [0, 0.1) is 0 Å². The molecule has 0 saturated carbocycles. The van der Waals surface area contributed by atoms with Gasteiger partial charge in [-0.3, -0.25) is 14.4 Å². The molecule has 1 saturated heterocycles. The number of ether oxygens (including phenoxy) is 1. The third-order valence-corrected chi connectivity index (χ3v) is 3.64. The van der Waals surface area contributed by atoms with E-state index in [0.717, 1.165) is 12.1 Å². The molecule has 1 fully saturated rings. The fraction of sp³-hybridized carbons (Fsp3) is 0.471. The number of anilines is 1. The molecular formula is C17H22N2O4. The second kappa shape index (κ2) is 8.31. The number of hydrogen-bond donors (Lipinski definition) is 1. The summed E-state index contributed by atoms with van der Waals surface area (Å²) in [5.41, 5.74) is 1.27. The molecule has 0 bridgehead atoms. The van der Waals surface area contributed by atoms with Crippen LogP contribution in [0.3, 0.4) is 0 Å². The van der Waals surface area contributed by atoms with Crippen LogP contribution < -0.4 is 10.2 Å². The molecule has 1 aliphatic heterocycles. The van der Waals surface area contributed by atoms with Crippen molar-refractivity contribution in [3.05, 3.63) is 29.8 Å². The zero-order chi connectivity index (χ0) is 16.7. The molecule has 1 aromatic rings. The van der Waals surface area contributed by atoms with Crippen molar-refractivity contribution >= 4 is 23.5 Å². The van der Waals surface area contributed by atoms with Crippen LogP contribution in [0.4, 0.5) is 5.69 Å². The van der Waals surface area contributed by atoms with Gasteiger partial charge in [-0.05, 0) is 38.0 Å². The Morgan fingerprint density at radius 1 is 1.35 bits per heavy atom. The van der Waals surface area contributed by atoms with E-state index in [1.54, 1.807) is 30.0 Å². The van der Waals surface area contributed by atoms with Crippen LogP contribution in [0.25, 0.3) is 0 Å². The molecule has 0 spiro atoms. The molecule has 1 N–H and O–H groups in total. The van der Waals surface area contributed by atoms with Gasteiger partial charge in [0.25, 0.3) is 5.91 Å². The molecule has 0 unspecified atom stereocenters. The first-order valence-electron chi connectivity index (χ1n) is 7.96. The van der Waals surface area contributed by atoms with Gasteiger partial charge in [0.2, 0.25) is 5.91 Å². The van der Waals surface area contributed by atoms with E-state index in [9.17, 15) is 14.4 Å². The van der Waals surface area contributed by atoms with Crippen molar-refractivity contribution in [1.82, 2.24) is 5.32 Å². The number of nitrogens with zero attached hydrogens (tertiary/aromatic N) is 1. The van der Waals surface area contributed by atoms with Gasteiger partial charge in [0.05, 0.1) is 6.61 Å². The second-order valence-corrected chi connectivity index (χ2v) is 5.36. The second-order valence-electron chi connectivity index (χ2n) is 5.36. The minimum Gasteiger partial charge on any atom is -0.466 e. The molecule has 1 heterocycles. The summed E-state index contributed by atoms with van der Waals surface area (Å²) in [5.74, 6) is -0.365. The number of benzene rings is 1. The van der Waals surface area contributed by atoms with Gasteiger partial charge in [0.1, 0.15) is 0 Å². The zero-order valence-corrected chi connectivity index (χ0v) is 13.3. The van der Waals surface area contributed by atoms with Gasteiger partial charge < -0.3 is 15.0 Å². The van der Waals surface area contributed by atoms with Crippen LogP contribution in [-0.4, -0.2) is 37.5 Å². The molecule has 2 amide bonds. The molecule has 23 heavy (non-hydrogen) atoms. The maximum atomic E-state index is 12.1. The summed E-state index contributed by atoms with van der Waals surface area (Å²) in [5, 5.41) is 2.78. The van der Waals surface area contributed by atoms with Gasteiger partial charge in [-0.25, -0.2) is 0 Å². The van der Waals surface area contributed by atoms with E-state index in [-0.39, 0.29) is 24.2 Å². The molecular weight excluding hydrogens is 296 g/mol. The first kappa shape index (κ1) is 17.0. The Balaban J connectivity index is 1.85. The van der Waals surface area contributed by atoms with Crippen molar-refractivity contribution in [2.24, 2.45) is 0 Å². The fourth-order valence-corrected chi connectivity index (χ4v) is 2.51. The number of esters is 1. The third-order valence-electron chi connectivity index (χ3n) is 3.64. The van der Waals surface area contributed by atoms with E-state index in [0.29, 0.717) is 38.1 Å². The molecule has 0 radical (unpaired) electrons. The Kier molecular flexibility index (Phi) is 6.14. The normalized spacial score (nSPS) is 14.0. The standard InChI is InChI=1S/C17H22N2O4/c1-2-23-16(21)9-4-10-18-17(22)13-6-3-7-14(12-13)19-11-5-8-15(19)20/h3,6-7,12H,2,4-5,8-11H2,1H3,(H,18,22). The predicted octanol–water partition coefficient (Wildman–Crippen LogP) is 1.89. The molecule has 2 rings (SSSR count). The highest BCUT2D eigenvalue weighted by Gasteiger charge is 2.22. The summed E-state index contributed by atoms with van der Waals surface area (Å²) in [4.78, 5) is 36.8. The number of amides is 2. The highest BCUT2D eigenvalue weighted by atomic mass is 16.5. The summed E-state index contributed by atoms with van der Waals surface area (Å²) in [6.07, 6.45) is 2.23. The van der Waals surface area contributed by atoms with Gasteiger partial charge in [0, 0.05) is 37.2 Å². The number of carbonyl (C=O) groups excluding carboxylic acids is 3. The van der Waals surface area contributed by atoms with Crippen molar-refractivity contribution in [1.29, 1.82) is 0 Å². The molecule has 124 valence electrons. The highest BCUT2D eigenvalue weighted by Crippen LogP contribution is 2.22. The lowest BCUT2D eigenvalue weighted by atomic mass is 10.1. The van der Waals surface area contributed by atoms with Crippen molar-refractivity contribution in [2.75, 3.05) is 24.6 Å². The highest BCUT2D eigenvalue weighted by molar-refractivity contribution is 5.99. The molecule has 0 aliphatic carbocycles. The zero-order valence-electron chi connectivity index (χ0n) is 13.3. The topological polar surface area (TPSA) is 75.7 Å². The molecule has 6 nitrogen and oxygen atoms in total. The lowest BCUT2D eigenvalue weighted by molar-refractivity contribution is -0.143. The summed E-state index contributed by atoms with van der Waals surface area (Å²) in [6.45, 7) is 3.24. The Morgan fingerprint density at radius 3 is 2.87 bits per heavy atom. The Bertz CT molecular complexity index is 586. The first-order valence-corrected chi connectivity index (χ1v) is 7.96. The van der Waals surface area contributed by atoms with Crippen molar-refractivity contribution in [3.63, 3.8) is 0 Å². The van der Waals surface area contributed by atoms with Crippen LogP contribution in [0.5, 0.6) is 0 Å². The van der Waals surface area contributed by atoms with Crippen LogP contribution in [-0.2, 0) is 14.3 Å². The Morgan fingerprint density at radius 2 is 2.17 bits per heavy atom. The summed E-state index contributed by atoms with van der Waals surface area (Å²) >= 11 is 0. The lowest BCUT2D eigenvalue weighted by Gasteiger charge is -2.16. The summed E-state index contributed by atoms with van der Waals surface area (Å²) < 4.78 is 4.83. The maximum absolute atomic E-state index is 12.1. The average molecular weight is 318 g/mol.